The molecule has 1 atom stereocenters. The summed E-state index contributed by atoms with van der Waals surface area (Å²) in [5, 5.41) is -0.714. The van der Waals surface area contributed by atoms with E-state index >= 15 is 0 Å². The van der Waals surface area contributed by atoms with E-state index in [1.165, 1.54) is 6.08 Å². The summed E-state index contributed by atoms with van der Waals surface area (Å²) < 4.78 is 26.9. The SMILES string of the molecule is C=CC(c1cccc(N)c1)S(=O)(=O)N1CCCCC1. The molecule has 1 heterocycles. The minimum absolute atomic E-state index is 0.568. The van der Waals surface area contributed by atoms with E-state index in [0.29, 0.717) is 24.3 Å². The molecule has 0 amide bonds. The van der Waals surface area contributed by atoms with Gasteiger partial charge in [-0.05, 0) is 30.5 Å². The van der Waals surface area contributed by atoms with E-state index in [0.717, 1.165) is 19.3 Å². The molecule has 2 N–H and O–H groups in total. The summed E-state index contributed by atoms with van der Waals surface area (Å²) in [6.07, 6.45) is 4.45. The minimum Gasteiger partial charge on any atom is -0.399 e. The Morgan fingerprint density at radius 2 is 1.95 bits per heavy atom. The third kappa shape index (κ3) is 2.98. The van der Waals surface area contributed by atoms with E-state index in [1.54, 1.807) is 28.6 Å². The summed E-state index contributed by atoms with van der Waals surface area (Å²) in [6, 6.07) is 7.00. The number of nitrogen functional groups attached to an aromatic ring is 1. The Balaban J connectivity index is 2.32. The van der Waals surface area contributed by atoms with E-state index in [2.05, 4.69) is 6.58 Å². The van der Waals surface area contributed by atoms with Crippen molar-refractivity contribution < 1.29 is 8.42 Å². The molecular weight excluding hydrogens is 260 g/mol. The summed E-state index contributed by atoms with van der Waals surface area (Å²) in [6.45, 7) is 4.89. The average molecular weight is 280 g/mol. The highest BCUT2D eigenvalue weighted by Crippen LogP contribution is 2.29. The Morgan fingerprint density at radius 1 is 1.26 bits per heavy atom. The van der Waals surface area contributed by atoms with Crippen LogP contribution in [0.5, 0.6) is 0 Å². The predicted octanol–water partition coefficient (Wildman–Crippen LogP) is 2.31. The van der Waals surface area contributed by atoms with Gasteiger partial charge in [0.1, 0.15) is 5.25 Å². The Kier molecular flexibility index (Phi) is 4.27. The van der Waals surface area contributed by atoms with Crippen molar-refractivity contribution in [3.63, 3.8) is 0 Å². The Hall–Kier alpha value is -1.33. The van der Waals surface area contributed by atoms with E-state index in [-0.39, 0.29) is 0 Å². The van der Waals surface area contributed by atoms with Gasteiger partial charge in [0.25, 0.3) is 0 Å². The third-order valence-corrected chi connectivity index (χ3v) is 5.64. The van der Waals surface area contributed by atoms with Crippen molar-refractivity contribution in [3.8, 4) is 0 Å². The number of nitrogens with two attached hydrogens (primary N) is 1. The molecule has 1 aliphatic heterocycles. The molecule has 2 rings (SSSR count). The second-order valence-electron chi connectivity index (χ2n) is 4.83. The van der Waals surface area contributed by atoms with Crippen molar-refractivity contribution in [3.05, 3.63) is 42.5 Å². The van der Waals surface area contributed by atoms with Gasteiger partial charge in [-0.3, -0.25) is 0 Å². The topological polar surface area (TPSA) is 63.4 Å². The van der Waals surface area contributed by atoms with Crippen molar-refractivity contribution in [2.45, 2.75) is 24.5 Å². The van der Waals surface area contributed by atoms with Gasteiger partial charge < -0.3 is 5.73 Å². The standard InChI is InChI=1S/C14H20N2O2S/c1-2-14(12-7-6-8-13(15)11-12)19(17,18)16-9-4-3-5-10-16/h2,6-8,11,14H,1,3-5,9-10,15H2. The maximum atomic E-state index is 12.6. The molecule has 19 heavy (non-hydrogen) atoms. The maximum absolute atomic E-state index is 12.6. The van der Waals surface area contributed by atoms with Gasteiger partial charge >= 0.3 is 0 Å². The Bertz CT molecular complexity index is 548. The first kappa shape index (κ1) is 14.1. The van der Waals surface area contributed by atoms with Gasteiger partial charge in [-0.25, -0.2) is 12.7 Å². The van der Waals surface area contributed by atoms with Crippen LogP contribution in [0.1, 0.15) is 30.1 Å². The predicted molar refractivity (Wildman–Crippen MR) is 78.1 cm³/mol. The number of rotatable bonds is 4. The van der Waals surface area contributed by atoms with Gasteiger partial charge in [0, 0.05) is 18.8 Å². The third-order valence-electron chi connectivity index (χ3n) is 3.45. The van der Waals surface area contributed by atoms with Crippen LogP contribution in [-0.4, -0.2) is 25.8 Å². The fourth-order valence-corrected chi connectivity index (χ4v) is 4.27. The Labute approximate surface area is 115 Å². The van der Waals surface area contributed by atoms with Gasteiger partial charge in [0.15, 0.2) is 0 Å². The van der Waals surface area contributed by atoms with Gasteiger partial charge in [0.2, 0.25) is 10.0 Å². The molecular formula is C14H20N2O2S. The first-order chi connectivity index (χ1) is 9.05. The van der Waals surface area contributed by atoms with Crippen LogP contribution in [0.3, 0.4) is 0 Å². The molecule has 0 saturated carbocycles. The zero-order valence-electron chi connectivity index (χ0n) is 11.0. The minimum atomic E-state index is -3.38. The average Bonchev–Trinajstić information content (AvgIpc) is 2.40. The van der Waals surface area contributed by atoms with Gasteiger partial charge in [0.05, 0.1) is 0 Å². The quantitative estimate of drug-likeness (QED) is 0.680. The maximum Gasteiger partial charge on any atom is 0.224 e. The van der Waals surface area contributed by atoms with Crippen LogP contribution in [-0.2, 0) is 10.0 Å². The van der Waals surface area contributed by atoms with Crippen molar-refractivity contribution in [1.29, 1.82) is 0 Å². The number of piperidine rings is 1. The lowest BCUT2D eigenvalue weighted by atomic mass is 10.1. The van der Waals surface area contributed by atoms with Gasteiger partial charge in [-0.2, -0.15) is 0 Å². The van der Waals surface area contributed by atoms with Crippen LogP contribution in [0.15, 0.2) is 36.9 Å². The number of nitrogens with zero attached hydrogens (tertiary/aromatic N) is 1. The lowest BCUT2D eigenvalue weighted by Crippen LogP contribution is -2.38. The molecule has 1 unspecified atom stereocenters. The zero-order chi connectivity index (χ0) is 13.9. The van der Waals surface area contributed by atoms with Crippen LogP contribution in [0, 0.1) is 0 Å². The zero-order valence-corrected chi connectivity index (χ0v) is 11.8. The first-order valence-electron chi connectivity index (χ1n) is 6.52. The molecule has 0 radical (unpaired) electrons. The molecule has 1 aromatic rings. The largest absolute Gasteiger partial charge is 0.399 e. The normalized spacial score (nSPS) is 18.9. The summed E-state index contributed by atoms with van der Waals surface area (Å²) in [4.78, 5) is 0. The number of hydrogen-bond donors (Lipinski definition) is 1. The second kappa shape index (κ2) is 5.75. The molecule has 1 aliphatic rings. The molecule has 1 fully saturated rings. The van der Waals surface area contributed by atoms with E-state index < -0.39 is 15.3 Å². The number of sulfonamides is 1. The van der Waals surface area contributed by atoms with Gasteiger partial charge in [-0.15, -0.1) is 6.58 Å². The Morgan fingerprint density at radius 3 is 2.53 bits per heavy atom. The highest BCUT2D eigenvalue weighted by atomic mass is 32.2. The lowest BCUT2D eigenvalue weighted by molar-refractivity contribution is 0.344. The lowest BCUT2D eigenvalue weighted by Gasteiger charge is -2.29. The fourth-order valence-electron chi connectivity index (χ4n) is 2.45. The molecule has 1 aromatic carbocycles. The number of hydrogen-bond acceptors (Lipinski definition) is 3. The molecule has 4 nitrogen and oxygen atoms in total. The monoisotopic (exact) mass is 280 g/mol. The second-order valence-corrected chi connectivity index (χ2v) is 6.89. The highest BCUT2D eigenvalue weighted by Gasteiger charge is 2.31. The van der Waals surface area contributed by atoms with E-state index in [9.17, 15) is 8.42 Å². The molecule has 0 aliphatic carbocycles. The van der Waals surface area contributed by atoms with E-state index in [4.69, 9.17) is 5.73 Å². The molecule has 0 spiro atoms. The van der Waals surface area contributed by atoms with Gasteiger partial charge in [-0.1, -0.05) is 24.6 Å². The molecule has 5 heteroatoms. The van der Waals surface area contributed by atoms with Crippen molar-refractivity contribution in [2.75, 3.05) is 18.8 Å². The van der Waals surface area contributed by atoms with Crippen LogP contribution < -0.4 is 5.73 Å². The van der Waals surface area contributed by atoms with Crippen molar-refractivity contribution >= 4 is 15.7 Å². The summed E-state index contributed by atoms with van der Waals surface area (Å²) in [7, 11) is -3.38. The van der Waals surface area contributed by atoms with Crippen molar-refractivity contribution in [2.24, 2.45) is 0 Å². The van der Waals surface area contributed by atoms with E-state index in [1.807, 2.05) is 0 Å². The summed E-state index contributed by atoms with van der Waals surface area (Å²) >= 11 is 0. The summed E-state index contributed by atoms with van der Waals surface area (Å²) in [5.41, 5.74) is 6.98. The molecule has 0 bridgehead atoms. The fraction of sp³-hybridized carbons (Fsp3) is 0.429. The molecule has 104 valence electrons. The molecule has 1 saturated heterocycles. The summed E-state index contributed by atoms with van der Waals surface area (Å²) in [5.74, 6) is 0. The molecule has 0 aromatic heterocycles. The first-order valence-corrected chi connectivity index (χ1v) is 8.03. The number of anilines is 1. The van der Waals surface area contributed by atoms with Crippen LogP contribution in [0.2, 0.25) is 0 Å². The van der Waals surface area contributed by atoms with Crippen LogP contribution in [0.4, 0.5) is 5.69 Å². The smallest absolute Gasteiger partial charge is 0.224 e. The number of benzene rings is 1. The van der Waals surface area contributed by atoms with Crippen LogP contribution in [0.25, 0.3) is 0 Å². The highest BCUT2D eigenvalue weighted by molar-refractivity contribution is 7.89. The van der Waals surface area contributed by atoms with Crippen LogP contribution >= 0.6 is 0 Å². The van der Waals surface area contributed by atoms with Crippen molar-refractivity contribution in [1.82, 2.24) is 4.31 Å².